The van der Waals surface area contributed by atoms with Gasteiger partial charge in [0.05, 0.1) is 27.0 Å². The van der Waals surface area contributed by atoms with Gasteiger partial charge in [0, 0.05) is 19.5 Å². The van der Waals surface area contributed by atoms with Crippen LogP contribution in [0.1, 0.15) is 57.8 Å². The Bertz CT molecular complexity index is 1710. The van der Waals surface area contributed by atoms with Crippen LogP contribution in [0.4, 0.5) is 5.82 Å². The first-order chi connectivity index (χ1) is 21.8. The largest absolute Gasteiger partial charge is 0.456 e. The average molecular weight is 671 g/mol. The summed E-state index contributed by atoms with van der Waals surface area (Å²) in [5, 5.41) is 5.94. The van der Waals surface area contributed by atoms with E-state index in [9.17, 15) is 14.4 Å². The SMILES string of the molecule is CCNc1nc(C#Cc2ccc(Cl)s2)nc2c1ncn2[C@@H]1C2C[C@@]2(C(=O)NC)[C@@H](OC(=O)[C@@H](N)C(C)C)[C@H]1OC(=O)[C@@H](N)C(C)C. The first-order valence-corrected chi connectivity index (χ1v) is 16.4. The van der Waals surface area contributed by atoms with E-state index in [0.717, 1.165) is 4.88 Å². The number of aromatic nitrogens is 4. The molecule has 15 heteroatoms. The molecule has 3 heterocycles. The number of imidazole rings is 1. The molecule has 2 aliphatic rings. The van der Waals surface area contributed by atoms with E-state index in [1.54, 1.807) is 44.7 Å². The molecular weight excluding hydrogens is 632 g/mol. The lowest BCUT2D eigenvalue weighted by molar-refractivity contribution is -0.177. The second-order valence-corrected chi connectivity index (χ2v) is 14.0. The predicted octanol–water partition coefficient (Wildman–Crippen LogP) is 2.47. The number of nitrogens with zero attached hydrogens (tertiary/aromatic N) is 4. The van der Waals surface area contributed by atoms with Crippen LogP contribution in [0.3, 0.4) is 0 Å². The van der Waals surface area contributed by atoms with Gasteiger partial charge in [0.25, 0.3) is 0 Å². The molecule has 2 aliphatic carbocycles. The van der Waals surface area contributed by atoms with E-state index in [-0.39, 0.29) is 23.6 Å². The molecule has 1 unspecified atom stereocenters. The maximum absolute atomic E-state index is 13.6. The van der Waals surface area contributed by atoms with Crippen LogP contribution in [0.5, 0.6) is 0 Å². The number of hydrogen-bond acceptors (Lipinski definition) is 12. The number of esters is 2. The van der Waals surface area contributed by atoms with Gasteiger partial charge in [-0.3, -0.25) is 14.4 Å². The Hall–Kier alpha value is -3.77. The fourth-order valence-electron chi connectivity index (χ4n) is 5.98. The average Bonchev–Trinajstić information content (AvgIpc) is 3.25. The van der Waals surface area contributed by atoms with E-state index >= 15 is 0 Å². The van der Waals surface area contributed by atoms with E-state index in [1.807, 2.05) is 13.0 Å². The molecule has 0 aliphatic heterocycles. The van der Waals surface area contributed by atoms with Gasteiger partial charge >= 0.3 is 11.9 Å². The molecule has 13 nitrogen and oxygen atoms in total. The highest BCUT2D eigenvalue weighted by Gasteiger charge is 2.78. The Balaban J connectivity index is 1.65. The van der Waals surface area contributed by atoms with E-state index < -0.39 is 53.6 Å². The lowest BCUT2D eigenvalue weighted by Crippen LogP contribution is -2.50. The van der Waals surface area contributed by atoms with Crippen LogP contribution < -0.4 is 22.1 Å². The molecule has 0 aromatic carbocycles. The van der Waals surface area contributed by atoms with Crippen LogP contribution in [-0.2, 0) is 23.9 Å². The molecule has 46 heavy (non-hydrogen) atoms. The lowest BCUT2D eigenvalue weighted by Gasteiger charge is -2.32. The number of carbonyl (C=O) groups excluding carboxylic acids is 3. The fraction of sp³-hybridized carbons (Fsp3) is 0.548. The second kappa shape index (κ2) is 13.2. The number of nitrogens with one attached hydrogen (secondary N) is 2. The Labute approximate surface area is 276 Å². The van der Waals surface area contributed by atoms with Crippen molar-refractivity contribution in [3.05, 3.63) is 33.5 Å². The van der Waals surface area contributed by atoms with Crippen molar-refractivity contribution >= 4 is 57.8 Å². The molecule has 246 valence electrons. The highest BCUT2D eigenvalue weighted by Crippen LogP contribution is 2.69. The highest BCUT2D eigenvalue weighted by atomic mass is 35.5. The highest BCUT2D eigenvalue weighted by molar-refractivity contribution is 7.16. The van der Waals surface area contributed by atoms with Crippen LogP contribution in [0.25, 0.3) is 11.2 Å². The zero-order valence-electron chi connectivity index (χ0n) is 26.5. The lowest BCUT2D eigenvalue weighted by atomic mass is 9.96. The fourth-order valence-corrected chi connectivity index (χ4v) is 6.88. The zero-order valence-corrected chi connectivity index (χ0v) is 28.1. The molecule has 3 aromatic heterocycles. The first-order valence-electron chi connectivity index (χ1n) is 15.2. The summed E-state index contributed by atoms with van der Waals surface area (Å²) in [6.45, 7) is 9.68. The van der Waals surface area contributed by atoms with Crippen molar-refractivity contribution in [2.45, 2.75) is 71.4 Å². The molecular formula is C31H39ClN8O5S. The smallest absolute Gasteiger partial charge is 0.323 e. The number of rotatable bonds is 10. The van der Waals surface area contributed by atoms with Crippen LogP contribution in [0.2, 0.25) is 4.34 Å². The molecule has 0 saturated heterocycles. The van der Waals surface area contributed by atoms with Crippen molar-refractivity contribution in [2.75, 3.05) is 18.9 Å². The predicted molar refractivity (Wildman–Crippen MR) is 174 cm³/mol. The van der Waals surface area contributed by atoms with E-state index in [2.05, 4.69) is 32.4 Å². The van der Waals surface area contributed by atoms with Gasteiger partial charge in [-0.05, 0) is 49.2 Å². The summed E-state index contributed by atoms with van der Waals surface area (Å²) in [6.07, 6.45) is -0.304. The molecule has 5 rings (SSSR count). The normalized spacial score (nSPS) is 24.6. The maximum atomic E-state index is 13.6. The van der Waals surface area contributed by atoms with E-state index in [4.69, 9.17) is 37.5 Å². The number of amides is 1. The summed E-state index contributed by atoms with van der Waals surface area (Å²) in [4.78, 5) is 54.9. The third-order valence-electron chi connectivity index (χ3n) is 8.70. The monoisotopic (exact) mass is 670 g/mol. The van der Waals surface area contributed by atoms with Crippen LogP contribution in [0, 0.1) is 35.0 Å². The summed E-state index contributed by atoms with van der Waals surface area (Å²) in [5.74, 6) is 4.18. The molecule has 6 N–H and O–H groups in total. The molecule has 0 bridgehead atoms. The molecule has 0 radical (unpaired) electrons. The van der Waals surface area contributed by atoms with Crippen molar-refractivity contribution in [2.24, 2.45) is 34.6 Å². The molecule has 1 amide bonds. The number of nitrogens with two attached hydrogens (primary N) is 2. The van der Waals surface area contributed by atoms with Gasteiger partial charge in [0.15, 0.2) is 29.2 Å². The summed E-state index contributed by atoms with van der Waals surface area (Å²) in [5.41, 5.74) is 12.0. The molecule has 3 aromatic rings. The van der Waals surface area contributed by atoms with Gasteiger partial charge in [-0.25, -0.2) is 15.0 Å². The first kappa shape index (κ1) is 33.6. The number of fused-ring (bicyclic) bond motifs is 2. The van der Waals surface area contributed by atoms with Crippen molar-refractivity contribution in [1.82, 2.24) is 24.8 Å². The van der Waals surface area contributed by atoms with E-state index in [1.165, 1.54) is 18.4 Å². The second-order valence-electron chi connectivity index (χ2n) is 12.3. The Kier molecular flexibility index (Phi) is 9.60. The number of anilines is 1. The van der Waals surface area contributed by atoms with E-state index in [0.29, 0.717) is 34.3 Å². The van der Waals surface area contributed by atoms with Crippen LogP contribution >= 0.6 is 22.9 Å². The maximum Gasteiger partial charge on any atom is 0.323 e. The number of ether oxygens (including phenoxy) is 2. The molecule has 2 saturated carbocycles. The van der Waals surface area contributed by atoms with Gasteiger partial charge in [-0.15, -0.1) is 11.3 Å². The summed E-state index contributed by atoms with van der Waals surface area (Å²) >= 11 is 7.41. The summed E-state index contributed by atoms with van der Waals surface area (Å²) in [6, 6.07) is 0.983. The van der Waals surface area contributed by atoms with Crippen molar-refractivity contribution in [3.63, 3.8) is 0 Å². The zero-order chi connectivity index (χ0) is 33.5. The quantitative estimate of drug-likeness (QED) is 0.183. The minimum absolute atomic E-state index is 0.224. The standard InChI is InChI=1S/C31H39ClN8O5S/c1-7-36-26-22-27(39-19(38-26)11-9-16-8-10-18(32)46-16)40(13-37-22)23-17-12-31(17,30(43)35-6)25(45-29(42)21(34)15(4)5)24(23)44-28(41)20(33)14(2)3/h8,10,13-15,17,20-21,23-25H,7,12,33-34H2,1-6H3,(H,35,43)(H,36,38,39)/t17?,20-,21-,23+,24-,25-,31-/m0/s1. The van der Waals surface area contributed by atoms with Crippen molar-refractivity contribution in [3.8, 4) is 11.8 Å². The van der Waals surface area contributed by atoms with Gasteiger partial charge in [0.2, 0.25) is 11.7 Å². The topological polar surface area (TPSA) is 189 Å². The minimum Gasteiger partial charge on any atom is -0.456 e. The van der Waals surface area contributed by atoms with Gasteiger partial charge < -0.3 is 36.1 Å². The molecule has 2 fully saturated rings. The van der Waals surface area contributed by atoms with Crippen molar-refractivity contribution < 1.29 is 23.9 Å². The van der Waals surface area contributed by atoms with Gasteiger partial charge in [-0.1, -0.05) is 39.3 Å². The number of hydrogen-bond donors (Lipinski definition) is 4. The Morgan fingerprint density at radius 2 is 1.78 bits per heavy atom. The number of halogens is 1. The third kappa shape index (κ3) is 6.04. The third-order valence-corrected chi connectivity index (χ3v) is 9.84. The van der Waals surface area contributed by atoms with Crippen LogP contribution in [-0.4, -0.2) is 75.2 Å². The minimum atomic E-state index is -1.17. The van der Waals surface area contributed by atoms with Crippen molar-refractivity contribution in [1.29, 1.82) is 0 Å². The summed E-state index contributed by atoms with van der Waals surface area (Å²) in [7, 11) is 1.52. The summed E-state index contributed by atoms with van der Waals surface area (Å²) < 4.78 is 14.5. The Morgan fingerprint density at radius 3 is 2.37 bits per heavy atom. The Morgan fingerprint density at radius 1 is 1.11 bits per heavy atom. The molecule has 7 atom stereocenters. The van der Waals surface area contributed by atoms with Crippen LogP contribution in [0.15, 0.2) is 18.5 Å². The number of thiophene rings is 1. The molecule has 0 spiro atoms. The number of carbonyl (C=O) groups is 3. The van der Waals surface area contributed by atoms with Gasteiger partial charge in [0.1, 0.15) is 12.1 Å². The van der Waals surface area contributed by atoms with Gasteiger partial charge in [-0.2, -0.15) is 0 Å².